The number of halogens is 1. The Kier molecular flexibility index (Phi) is 7.05. The van der Waals surface area contributed by atoms with Gasteiger partial charge in [-0.05, 0) is 36.3 Å². The summed E-state index contributed by atoms with van der Waals surface area (Å²) in [4.78, 5) is 24.0. The molecule has 3 aromatic rings. The van der Waals surface area contributed by atoms with E-state index in [1.165, 1.54) is 31.2 Å². The van der Waals surface area contributed by atoms with Crippen LogP contribution in [-0.2, 0) is 27.4 Å². The van der Waals surface area contributed by atoms with Crippen LogP contribution in [0.2, 0.25) is 0 Å². The number of amides is 1. The average molecular weight is 408 g/mol. The topological polar surface area (TPSA) is 86.1 Å². The van der Waals surface area contributed by atoms with E-state index in [9.17, 15) is 14.0 Å². The summed E-state index contributed by atoms with van der Waals surface area (Å²) in [5.74, 6) is -1.47. The van der Waals surface area contributed by atoms with Crippen molar-refractivity contribution in [1.29, 1.82) is 0 Å². The lowest BCUT2D eigenvalue weighted by atomic mass is 10.2. The van der Waals surface area contributed by atoms with Crippen molar-refractivity contribution in [3.05, 3.63) is 89.5 Å². The van der Waals surface area contributed by atoms with E-state index in [-0.39, 0.29) is 12.4 Å². The second-order valence-electron chi connectivity index (χ2n) is 6.58. The number of carbonyl (C=O) groups is 2. The third kappa shape index (κ3) is 6.37. The zero-order chi connectivity index (χ0) is 21.3. The molecule has 0 fully saturated rings. The SMILES string of the molecule is C[C@H](OC(=O)/C=C/c1cn(Cc2ccccc2)nn1)C(=O)NCc1ccc(F)cc1. The number of nitrogens with one attached hydrogen (secondary N) is 1. The Labute approximate surface area is 173 Å². The van der Waals surface area contributed by atoms with Crippen molar-refractivity contribution in [3.8, 4) is 0 Å². The molecule has 7 nitrogen and oxygen atoms in total. The molecule has 8 heteroatoms. The average Bonchev–Trinajstić information content (AvgIpc) is 3.19. The molecule has 1 amide bonds. The van der Waals surface area contributed by atoms with Crippen LogP contribution in [0.15, 0.2) is 66.9 Å². The summed E-state index contributed by atoms with van der Waals surface area (Å²) in [5.41, 5.74) is 2.32. The number of ether oxygens (including phenoxy) is 1. The molecule has 1 heterocycles. The normalized spacial score (nSPS) is 11.9. The van der Waals surface area contributed by atoms with Gasteiger partial charge in [0.1, 0.15) is 11.5 Å². The van der Waals surface area contributed by atoms with Gasteiger partial charge in [0.25, 0.3) is 5.91 Å². The summed E-state index contributed by atoms with van der Waals surface area (Å²) >= 11 is 0. The highest BCUT2D eigenvalue weighted by molar-refractivity contribution is 5.90. The number of benzene rings is 2. The van der Waals surface area contributed by atoms with Crippen molar-refractivity contribution in [2.45, 2.75) is 26.1 Å². The Morgan fingerprint density at radius 2 is 1.87 bits per heavy atom. The number of aromatic nitrogens is 3. The quantitative estimate of drug-likeness (QED) is 0.458. The number of esters is 1. The van der Waals surface area contributed by atoms with Crippen molar-refractivity contribution < 1.29 is 18.7 Å². The van der Waals surface area contributed by atoms with Crippen LogP contribution in [-0.4, -0.2) is 33.0 Å². The number of nitrogens with zero attached hydrogens (tertiary/aromatic N) is 3. The van der Waals surface area contributed by atoms with E-state index in [1.54, 1.807) is 23.0 Å². The molecule has 0 aliphatic rings. The summed E-state index contributed by atoms with van der Waals surface area (Å²) in [5, 5.41) is 10.6. The van der Waals surface area contributed by atoms with Gasteiger partial charge in [-0.3, -0.25) is 4.79 Å². The lowest BCUT2D eigenvalue weighted by molar-refractivity contribution is -0.150. The first kappa shape index (κ1) is 20.9. The maximum atomic E-state index is 12.9. The molecular weight excluding hydrogens is 387 g/mol. The standard InChI is InChI=1S/C22H21FN4O3/c1-16(22(29)24-13-17-7-9-19(23)10-8-17)30-21(28)12-11-20-15-27(26-25-20)14-18-5-3-2-4-6-18/h2-12,15-16H,13-14H2,1H3,(H,24,29)/b12-11+/t16-/m0/s1. The molecule has 3 rings (SSSR count). The Morgan fingerprint density at radius 1 is 1.13 bits per heavy atom. The third-order valence-corrected chi connectivity index (χ3v) is 4.18. The van der Waals surface area contributed by atoms with Gasteiger partial charge in [0.15, 0.2) is 6.10 Å². The highest BCUT2D eigenvalue weighted by Crippen LogP contribution is 2.05. The van der Waals surface area contributed by atoms with Crippen LogP contribution in [0.5, 0.6) is 0 Å². The number of hydrogen-bond donors (Lipinski definition) is 1. The molecule has 0 unspecified atom stereocenters. The fourth-order valence-electron chi connectivity index (χ4n) is 2.59. The monoisotopic (exact) mass is 408 g/mol. The molecule has 1 aromatic heterocycles. The number of rotatable bonds is 8. The van der Waals surface area contributed by atoms with Crippen LogP contribution < -0.4 is 5.32 Å². The molecule has 1 N–H and O–H groups in total. The van der Waals surface area contributed by atoms with Gasteiger partial charge in [-0.1, -0.05) is 47.7 Å². The van der Waals surface area contributed by atoms with Gasteiger partial charge in [0, 0.05) is 12.6 Å². The van der Waals surface area contributed by atoms with Gasteiger partial charge in [0.2, 0.25) is 0 Å². The molecule has 154 valence electrons. The van der Waals surface area contributed by atoms with Gasteiger partial charge >= 0.3 is 5.97 Å². The Bertz CT molecular complexity index is 1020. The van der Waals surface area contributed by atoms with Gasteiger partial charge in [-0.25, -0.2) is 13.9 Å². The lowest BCUT2D eigenvalue weighted by Gasteiger charge is -2.12. The summed E-state index contributed by atoms with van der Waals surface area (Å²) in [7, 11) is 0. The predicted molar refractivity (Wildman–Crippen MR) is 108 cm³/mol. The van der Waals surface area contributed by atoms with E-state index in [2.05, 4.69) is 15.6 Å². The molecule has 0 saturated carbocycles. The largest absolute Gasteiger partial charge is 0.449 e. The molecule has 0 aliphatic carbocycles. The van der Waals surface area contributed by atoms with Gasteiger partial charge in [-0.2, -0.15) is 0 Å². The van der Waals surface area contributed by atoms with Crippen molar-refractivity contribution in [3.63, 3.8) is 0 Å². The fraction of sp³-hybridized carbons (Fsp3) is 0.182. The molecule has 0 aliphatic heterocycles. The minimum absolute atomic E-state index is 0.210. The first-order valence-corrected chi connectivity index (χ1v) is 9.34. The van der Waals surface area contributed by atoms with Crippen molar-refractivity contribution in [2.75, 3.05) is 0 Å². The van der Waals surface area contributed by atoms with E-state index in [1.807, 2.05) is 30.3 Å². The zero-order valence-electron chi connectivity index (χ0n) is 16.4. The molecule has 1 atom stereocenters. The zero-order valence-corrected chi connectivity index (χ0v) is 16.4. The van der Waals surface area contributed by atoms with E-state index in [4.69, 9.17) is 4.74 Å². The van der Waals surface area contributed by atoms with Crippen LogP contribution in [0.1, 0.15) is 23.7 Å². The molecule has 0 bridgehead atoms. The van der Waals surface area contributed by atoms with Crippen LogP contribution in [0.4, 0.5) is 4.39 Å². The minimum Gasteiger partial charge on any atom is -0.449 e. The molecule has 2 aromatic carbocycles. The van der Waals surface area contributed by atoms with Crippen molar-refractivity contribution >= 4 is 18.0 Å². The van der Waals surface area contributed by atoms with Gasteiger partial charge in [0.05, 0.1) is 12.7 Å². The summed E-state index contributed by atoms with van der Waals surface area (Å²) in [6, 6.07) is 15.6. The predicted octanol–water partition coefficient (Wildman–Crippen LogP) is 2.73. The van der Waals surface area contributed by atoms with Crippen molar-refractivity contribution in [1.82, 2.24) is 20.3 Å². The van der Waals surface area contributed by atoms with Crippen molar-refractivity contribution in [2.24, 2.45) is 0 Å². The summed E-state index contributed by atoms with van der Waals surface area (Å²) < 4.78 is 19.6. The van der Waals surface area contributed by atoms with Crippen LogP contribution in [0, 0.1) is 5.82 Å². The highest BCUT2D eigenvalue weighted by Gasteiger charge is 2.16. The smallest absolute Gasteiger partial charge is 0.331 e. The summed E-state index contributed by atoms with van der Waals surface area (Å²) in [6.45, 7) is 2.25. The Hall–Kier alpha value is -3.81. The fourth-order valence-corrected chi connectivity index (χ4v) is 2.59. The maximum absolute atomic E-state index is 12.9. The summed E-state index contributed by atoms with van der Waals surface area (Å²) in [6.07, 6.45) is 3.40. The van der Waals surface area contributed by atoms with Crippen LogP contribution >= 0.6 is 0 Å². The van der Waals surface area contributed by atoms with E-state index in [0.29, 0.717) is 12.2 Å². The third-order valence-electron chi connectivity index (χ3n) is 4.18. The molecule has 0 spiro atoms. The van der Waals surface area contributed by atoms with E-state index >= 15 is 0 Å². The second-order valence-corrected chi connectivity index (χ2v) is 6.58. The number of carbonyl (C=O) groups excluding carboxylic acids is 2. The van der Waals surface area contributed by atoms with Crippen LogP contribution in [0.3, 0.4) is 0 Å². The maximum Gasteiger partial charge on any atom is 0.331 e. The first-order valence-electron chi connectivity index (χ1n) is 9.34. The lowest BCUT2D eigenvalue weighted by Crippen LogP contribution is -2.35. The van der Waals surface area contributed by atoms with Gasteiger partial charge < -0.3 is 10.1 Å². The van der Waals surface area contributed by atoms with Crippen LogP contribution in [0.25, 0.3) is 6.08 Å². The Morgan fingerprint density at radius 3 is 2.60 bits per heavy atom. The van der Waals surface area contributed by atoms with Gasteiger partial charge in [-0.15, -0.1) is 5.10 Å². The molecule has 0 radical (unpaired) electrons. The highest BCUT2D eigenvalue weighted by atomic mass is 19.1. The molecular formula is C22H21FN4O3. The molecule has 30 heavy (non-hydrogen) atoms. The minimum atomic E-state index is -0.976. The number of hydrogen-bond acceptors (Lipinski definition) is 5. The Balaban J connectivity index is 1.45. The van der Waals surface area contributed by atoms with E-state index < -0.39 is 18.0 Å². The van der Waals surface area contributed by atoms with E-state index in [0.717, 1.165) is 11.1 Å². The second kappa shape index (κ2) is 10.1. The first-order chi connectivity index (χ1) is 14.5. The molecule has 0 saturated heterocycles.